The molecule has 0 amide bonds. The summed E-state index contributed by atoms with van der Waals surface area (Å²) in [7, 11) is 2.07. The monoisotopic (exact) mass is 266 g/mol. The van der Waals surface area contributed by atoms with Crippen molar-refractivity contribution in [2.24, 2.45) is 0 Å². The van der Waals surface area contributed by atoms with Gasteiger partial charge in [0, 0.05) is 36.7 Å². The van der Waals surface area contributed by atoms with E-state index in [1.807, 2.05) is 6.07 Å². The van der Waals surface area contributed by atoms with Crippen molar-refractivity contribution in [1.29, 1.82) is 0 Å². The van der Waals surface area contributed by atoms with Gasteiger partial charge in [0.05, 0.1) is 12.5 Å². The second-order valence-electron chi connectivity index (χ2n) is 4.28. The van der Waals surface area contributed by atoms with Gasteiger partial charge in [0.1, 0.15) is 10.7 Å². The Morgan fingerprint density at radius 2 is 2.33 bits per heavy atom. The fourth-order valence-electron chi connectivity index (χ4n) is 1.69. The Kier molecular flexibility index (Phi) is 4.72. The van der Waals surface area contributed by atoms with Crippen LogP contribution < -0.4 is 5.32 Å². The van der Waals surface area contributed by atoms with Gasteiger partial charge in [-0.2, -0.15) is 0 Å². The van der Waals surface area contributed by atoms with Crippen molar-refractivity contribution in [2.45, 2.75) is 26.4 Å². The molecule has 0 aliphatic rings. The molecule has 0 spiro atoms. The van der Waals surface area contributed by atoms with Crippen LogP contribution in [0.1, 0.15) is 24.6 Å². The third-order valence-electron chi connectivity index (χ3n) is 2.54. The zero-order valence-electron chi connectivity index (χ0n) is 10.7. The largest absolute Gasteiger partial charge is 0.472 e. The van der Waals surface area contributed by atoms with Crippen molar-refractivity contribution in [3.8, 4) is 0 Å². The van der Waals surface area contributed by atoms with Gasteiger partial charge < -0.3 is 9.73 Å². The number of hydrogen-bond acceptors (Lipinski definition) is 6. The van der Waals surface area contributed by atoms with Gasteiger partial charge in [-0.15, -0.1) is 5.10 Å². The molecule has 0 saturated heterocycles. The van der Waals surface area contributed by atoms with Gasteiger partial charge >= 0.3 is 0 Å². The second kappa shape index (κ2) is 6.51. The van der Waals surface area contributed by atoms with Crippen molar-refractivity contribution in [1.82, 2.24) is 14.5 Å². The van der Waals surface area contributed by atoms with Gasteiger partial charge in [-0.1, -0.05) is 11.4 Å². The molecular weight excluding hydrogens is 248 g/mol. The number of aromatic nitrogens is 2. The normalized spacial score (nSPS) is 11.1. The fourth-order valence-corrected chi connectivity index (χ4v) is 2.29. The molecule has 2 rings (SSSR count). The van der Waals surface area contributed by atoms with Gasteiger partial charge in [0.15, 0.2) is 0 Å². The first kappa shape index (κ1) is 13.0. The summed E-state index contributed by atoms with van der Waals surface area (Å²) < 4.78 is 9.07. The second-order valence-corrected chi connectivity index (χ2v) is 5.03. The molecule has 0 unspecified atom stereocenters. The maximum absolute atomic E-state index is 5.06. The highest BCUT2D eigenvalue weighted by Crippen LogP contribution is 2.19. The van der Waals surface area contributed by atoms with Crippen LogP contribution in [0.3, 0.4) is 0 Å². The third-order valence-corrected chi connectivity index (χ3v) is 3.27. The summed E-state index contributed by atoms with van der Waals surface area (Å²) >= 11 is 1.42. The summed E-state index contributed by atoms with van der Waals surface area (Å²) in [6, 6.07) is 1.98. The molecule has 0 bridgehead atoms. The van der Waals surface area contributed by atoms with E-state index in [-0.39, 0.29) is 0 Å². The maximum atomic E-state index is 5.06. The van der Waals surface area contributed by atoms with Crippen molar-refractivity contribution >= 4 is 16.5 Å². The maximum Gasteiger partial charge on any atom is 0.134 e. The summed E-state index contributed by atoms with van der Waals surface area (Å²) in [5.74, 6) is 0. The Morgan fingerprint density at radius 1 is 1.44 bits per heavy atom. The Morgan fingerprint density at radius 3 is 3.06 bits per heavy atom. The number of rotatable bonds is 7. The molecule has 98 valence electrons. The topological polar surface area (TPSA) is 54.2 Å². The molecule has 0 fully saturated rings. The van der Waals surface area contributed by atoms with E-state index in [4.69, 9.17) is 4.42 Å². The first-order chi connectivity index (χ1) is 8.79. The molecule has 0 atom stereocenters. The van der Waals surface area contributed by atoms with E-state index in [9.17, 15) is 0 Å². The van der Waals surface area contributed by atoms with Crippen LogP contribution in [0.4, 0.5) is 5.00 Å². The predicted molar refractivity (Wildman–Crippen MR) is 72.6 cm³/mol. The summed E-state index contributed by atoms with van der Waals surface area (Å²) in [4.78, 5) is 2.19. The average molecular weight is 266 g/mol. The van der Waals surface area contributed by atoms with Crippen molar-refractivity contribution in [3.05, 3.63) is 29.9 Å². The summed E-state index contributed by atoms with van der Waals surface area (Å²) in [6.07, 6.45) is 4.57. The molecule has 2 aromatic rings. The number of nitrogens with zero attached hydrogens (tertiary/aromatic N) is 3. The zero-order valence-corrected chi connectivity index (χ0v) is 11.5. The minimum Gasteiger partial charge on any atom is -0.472 e. The van der Waals surface area contributed by atoms with E-state index < -0.39 is 0 Å². The zero-order chi connectivity index (χ0) is 12.8. The van der Waals surface area contributed by atoms with E-state index in [0.717, 1.165) is 36.8 Å². The molecule has 2 heterocycles. The minimum atomic E-state index is 0.785. The summed E-state index contributed by atoms with van der Waals surface area (Å²) in [6.45, 7) is 4.74. The molecular formula is C12H18N4OS. The minimum absolute atomic E-state index is 0.785. The molecule has 0 aromatic carbocycles. The van der Waals surface area contributed by atoms with Gasteiger partial charge in [-0.05, 0) is 19.5 Å². The van der Waals surface area contributed by atoms with Gasteiger partial charge in [-0.25, -0.2) is 0 Å². The first-order valence-electron chi connectivity index (χ1n) is 6.04. The molecule has 0 saturated carbocycles. The molecule has 5 nitrogen and oxygen atoms in total. The molecule has 0 aliphatic carbocycles. The lowest BCUT2D eigenvalue weighted by atomic mass is 10.3. The Bertz CT molecular complexity index is 454. The predicted octanol–water partition coefficient (Wildman–Crippen LogP) is 2.59. The standard InChI is InChI=1S/C12H18N4OS/c1-3-5-13-12-11(14-15-18-12)8-16(2)7-10-4-6-17-9-10/h4,6,9,13H,3,5,7-8H2,1-2H3. The lowest BCUT2D eigenvalue weighted by molar-refractivity contribution is 0.314. The van der Waals surface area contributed by atoms with Crippen LogP contribution in [0.25, 0.3) is 0 Å². The number of nitrogens with one attached hydrogen (secondary N) is 1. The first-order valence-corrected chi connectivity index (χ1v) is 6.81. The van der Waals surface area contributed by atoms with Crippen LogP contribution in [0.15, 0.2) is 23.0 Å². The van der Waals surface area contributed by atoms with E-state index in [1.165, 1.54) is 17.1 Å². The van der Waals surface area contributed by atoms with E-state index >= 15 is 0 Å². The Balaban J connectivity index is 1.90. The van der Waals surface area contributed by atoms with Crippen LogP contribution in [0.2, 0.25) is 0 Å². The third kappa shape index (κ3) is 3.54. The highest BCUT2D eigenvalue weighted by atomic mass is 32.1. The molecule has 6 heteroatoms. The number of furan rings is 1. The van der Waals surface area contributed by atoms with Crippen LogP contribution in [0.5, 0.6) is 0 Å². The van der Waals surface area contributed by atoms with Crippen molar-refractivity contribution in [3.63, 3.8) is 0 Å². The lowest BCUT2D eigenvalue weighted by Crippen LogP contribution is -2.18. The van der Waals surface area contributed by atoms with Gasteiger partial charge in [0.2, 0.25) is 0 Å². The van der Waals surface area contributed by atoms with Gasteiger partial charge in [0.25, 0.3) is 0 Å². The van der Waals surface area contributed by atoms with Gasteiger partial charge in [-0.3, -0.25) is 4.90 Å². The van der Waals surface area contributed by atoms with E-state index in [0.29, 0.717) is 0 Å². The van der Waals surface area contributed by atoms with Crippen LogP contribution >= 0.6 is 11.5 Å². The molecule has 0 radical (unpaired) electrons. The highest BCUT2D eigenvalue weighted by molar-refractivity contribution is 7.10. The number of hydrogen-bond donors (Lipinski definition) is 1. The quantitative estimate of drug-likeness (QED) is 0.834. The van der Waals surface area contributed by atoms with Crippen molar-refractivity contribution in [2.75, 3.05) is 18.9 Å². The van der Waals surface area contributed by atoms with Crippen molar-refractivity contribution < 1.29 is 4.42 Å². The Hall–Kier alpha value is -1.40. The van der Waals surface area contributed by atoms with Crippen LogP contribution in [-0.2, 0) is 13.1 Å². The molecule has 2 aromatic heterocycles. The molecule has 1 N–H and O–H groups in total. The molecule has 0 aliphatic heterocycles. The van der Waals surface area contributed by atoms with E-state index in [2.05, 4.69) is 33.8 Å². The Labute approximate surface area is 111 Å². The smallest absolute Gasteiger partial charge is 0.134 e. The summed E-state index contributed by atoms with van der Waals surface area (Å²) in [5.41, 5.74) is 2.18. The number of anilines is 1. The average Bonchev–Trinajstić information content (AvgIpc) is 2.98. The fraction of sp³-hybridized carbons (Fsp3) is 0.500. The van der Waals surface area contributed by atoms with Crippen LogP contribution in [0, 0.1) is 0 Å². The van der Waals surface area contributed by atoms with Crippen LogP contribution in [-0.4, -0.2) is 28.1 Å². The summed E-state index contributed by atoms with van der Waals surface area (Å²) in [5, 5.41) is 8.61. The SMILES string of the molecule is CCCNc1snnc1CN(C)Cc1ccoc1. The highest BCUT2D eigenvalue weighted by Gasteiger charge is 2.10. The van der Waals surface area contributed by atoms with E-state index in [1.54, 1.807) is 12.5 Å². The lowest BCUT2D eigenvalue weighted by Gasteiger charge is -2.14. The molecule has 18 heavy (non-hydrogen) atoms.